The van der Waals surface area contributed by atoms with Crippen LogP contribution in [-0.2, 0) is 5.88 Å². The van der Waals surface area contributed by atoms with Crippen molar-refractivity contribution in [2.75, 3.05) is 0 Å². The monoisotopic (exact) mass is 251 g/mol. The SMILES string of the molecule is Cc1ccn(-c2ccc([N+](=O)[O-])cc2CCl)n1. The minimum atomic E-state index is -0.436. The van der Waals surface area contributed by atoms with E-state index < -0.39 is 4.92 Å². The largest absolute Gasteiger partial charge is 0.269 e. The fourth-order valence-electron chi connectivity index (χ4n) is 1.57. The normalized spacial score (nSPS) is 10.5. The first-order chi connectivity index (χ1) is 8.11. The van der Waals surface area contributed by atoms with Crippen molar-refractivity contribution in [2.24, 2.45) is 0 Å². The van der Waals surface area contributed by atoms with Gasteiger partial charge in [-0.2, -0.15) is 5.10 Å². The summed E-state index contributed by atoms with van der Waals surface area (Å²) < 4.78 is 1.66. The van der Waals surface area contributed by atoms with E-state index in [9.17, 15) is 10.1 Å². The van der Waals surface area contributed by atoms with E-state index in [1.54, 1.807) is 16.9 Å². The van der Waals surface area contributed by atoms with Crippen molar-refractivity contribution in [1.82, 2.24) is 9.78 Å². The molecular weight excluding hydrogens is 242 g/mol. The van der Waals surface area contributed by atoms with Crippen LogP contribution < -0.4 is 0 Å². The second-order valence-corrected chi connectivity index (χ2v) is 3.87. The molecule has 17 heavy (non-hydrogen) atoms. The number of hydrogen-bond donors (Lipinski definition) is 0. The average molecular weight is 252 g/mol. The molecule has 0 saturated heterocycles. The van der Waals surface area contributed by atoms with Gasteiger partial charge in [-0.1, -0.05) is 0 Å². The first-order valence-corrected chi connectivity index (χ1v) is 5.51. The van der Waals surface area contributed by atoms with Gasteiger partial charge in [0.25, 0.3) is 5.69 Å². The van der Waals surface area contributed by atoms with Crippen LogP contribution in [-0.4, -0.2) is 14.7 Å². The highest BCUT2D eigenvalue weighted by atomic mass is 35.5. The highest BCUT2D eigenvalue weighted by Gasteiger charge is 2.11. The van der Waals surface area contributed by atoms with Crippen LogP contribution in [0.2, 0.25) is 0 Å². The van der Waals surface area contributed by atoms with Crippen LogP contribution in [0.25, 0.3) is 5.69 Å². The van der Waals surface area contributed by atoms with Gasteiger partial charge in [0, 0.05) is 24.2 Å². The summed E-state index contributed by atoms with van der Waals surface area (Å²) in [5.41, 5.74) is 2.36. The number of hydrogen-bond acceptors (Lipinski definition) is 3. The number of aromatic nitrogens is 2. The second kappa shape index (κ2) is 4.55. The van der Waals surface area contributed by atoms with Gasteiger partial charge in [-0.3, -0.25) is 10.1 Å². The molecule has 6 heteroatoms. The minimum absolute atomic E-state index is 0.0354. The summed E-state index contributed by atoms with van der Waals surface area (Å²) in [5, 5.41) is 14.9. The van der Waals surface area contributed by atoms with E-state index in [0.717, 1.165) is 11.4 Å². The third-order valence-electron chi connectivity index (χ3n) is 2.39. The van der Waals surface area contributed by atoms with Crippen LogP contribution in [0.5, 0.6) is 0 Å². The first-order valence-electron chi connectivity index (χ1n) is 4.98. The van der Waals surface area contributed by atoms with Gasteiger partial charge < -0.3 is 0 Å². The van der Waals surface area contributed by atoms with E-state index in [2.05, 4.69) is 5.10 Å². The first kappa shape index (κ1) is 11.6. The molecule has 5 nitrogen and oxygen atoms in total. The van der Waals surface area contributed by atoms with Crippen molar-refractivity contribution in [1.29, 1.82) is 0 Å². The fourth-order valence-corrected chi connectivity index (χ4v) is 1.78. The van der Waals surface area contributed by atoms with E-state index >= 15 is 0 Å². The highest BCUT2D eigenvalue weighted by Crippen LogP contribution is 2.22. The number of aryl methyl sites for hydroxylation is 1. The number of alkyl halides is 1. The number of nitro groups is 1. The molecule has 1 aromatic carbocycles. The van der Waals surface area contributed by atoms with E-state index in [1.165, 1.54) is 12.1 Å². The number of non-ortho nitro benzene ring substituents is 1. The Morgan fingerprint density at radius 2 is 2.24 bits per heavy atom. The summed E-state index contributed by atoms with van der Waals surface area (Å²) in [6.07, 6.45) is 1.80. The summed E-state index contributed by atoms with van der Waals surface area (Å²) in [7, 11) is 0. The zero-order valence-electron chi connectivity index (χ0n) is 9.13. The maximum Gasteiger partial charge on any atom is 0.269 e. The van der Waals surface area contributed by atoms with Gasteiger partial charge in [0.05, 0.1) is 16.3 Å². The molecule has 0 unspecified atom stereocenters. The van der Waals surface area contributed by atoms with Crippen molar-refractivity contribution in [3.63, 3.8) is 0 Å². The number of benzene rings is 1. The van der Waals surface area contributed by atoms with Crippen LogP contribution in [0, 0.1) is 17.0 Å². The Labute approximate surface area is 103 Å². The predicted octanol–water partition coefficient (Wildman–Crippen LogP) is 2.83. The Hall–Kier alpha value is -1.88. The summed E-state index contributed by atoms with van der Waals surface area (Å²) in [4.78, 5) is 10.2. The highest BCUT2D eigenvalue weighted by molar-refractivity contribution is 6.17. The molecule has 0 bridgehead atoms. The molecule has 0 saturated carbocycles. The standard InChI is InChI=1S/C11H10ClN3O2/c1-8-4-5-14(13-8)11-3-2-10(15(16)17)6-9(11)7-12/h2-6H,7H2,1H3. The molecule has 1 aromatic heterocycles. The summed E-state index contributed by atoms with van der Waals surface area (Å²) in [6, 6.07) is 6.43. The second-order valence-electron chi connectivity index (χ2n) is 3.61. The Morgan fingerprint density at radius 1 is 1.47 bits per heavy atom. The molecule has 0 atom stereocenters. The van der Waals surface area contributed by atoms with E-state index in [1.807, 2.05) is 13.0 Å². The lowest BCUT2D eigenvalue weighted by atomic mass is 10.2. The van der Waals surface area contributed by atoms with Gasteiger partial charge in [0.2, 0.25) is 0 Å². The summed E-state index contributed by atoms with van der Waals surface area (Å²) in [6.45, 7) is 1.88. The van der Waals surface area contributed by atoms with Gasteiger partial charge in [0.1, 0.15) is 0 Å². The molecule has 0 fully saturated rings. The molecule has 88 valence electrons. The number of nitrogens with zero attached hydrogens (tertiary/aromatic N) is 3. The number of nitro benzene ring substituents is 1. The van der Waals surface area contributed by atoms with Crippen LogP contribution in [0.3, 0.4) is 0 Å². The number of halogens is 1. The van der Waals surface area contributed by atoms with Crippen LogP contribution in [0.15, 0.2) is 30.5 Å². The smallest absolute Gasteiger partial charge is 0.258 e. The van der Waals surface area contributed by atoms with Crippen molar-refractivity contribution in [3.8, 4) is 5.69 Å². The molecule has 1 heterocycles. The van der Waals surface area contributed by atoms with Crippen LogP contribution in [0.4, 0.5) is 5.69 Å². The van der Waals surface area contributed by atoms with Crippen molar-refractivity contribution in [3.05, 3.63) is 51.8 Å². The van der Waals surface area contributed by atoms with Crippen LogP contribution in [0.1, 0.15) is 11.3 Å². The van der Waals surface area contributed by atoms with Crippen molar-refractivity contribution < 1.29 is 4.92 Å². The topological polar surface area (TPSA) is 61.0 Å². The average Bonchev–Trinajstić information content (AvgIpc) is 2.74. The Morgan fingerprint density at radius 3 is 2.76 bits per heavy atom. The number of rotatable bonds is 3. The molecule has 0 amide bonds. The summed E-state index contributed by atoms with van der Waals surface area (Å²) >= 11 is 5.80. The van der Waals surface area contributed by atoms with E-state index in [0.29, 0.717) is 5.56 Å². The molecule has 0 N–H and O–H groups in total. The zero-order chi connectivity index (χ0) is 12.4. The maximum absolute atomic E-state index is 10.7. The van der Waals surface area contributed by atoms with Gasteiger partial charge in [-0.15, -0.1) is 11.6 Å². The molecule has 0 radical (unpaired) electrons. The molecular formula is C11H10ClN3O2. The van der Waals surface area contributed by atoms with E-state index in [-0.39, 0.29) is 11.6 Å². The Balaban J connectivity index is 2.51. The molecule has 0 aliphatic heterocycles. The predicted molar refractivity (Wildman–Crippen MR) is 64.5 cm³/mol. The lowest BCUT2D eigenvalue weighted by Crippen LogP contribution is -2.00. The van der Waals surface area contributed by atoms with Gasteiger partial charge in [0.15, 0.2) is 0 Å². The quantitative estimate of drug-likeness (QED) is 0.479. The van der Waals surface area contributed by atoms with Gasteiger partial charge in [-0.25, -0.2) is 4.68 Å². The van der Waals surface area contributed by atoms with Crippen molar-refractivity contribution in [2.45, 2.75) is 12.8 Å². The lowest BCUT2D eigenvalue weighted by Gasteiger charge is -2.06. The molecule has 0 aliphatic rings. The third kappa shape index (κ3) is 2.29. The zero-order valence-corrected chi connectivity index (χ0v) is 9.89. The van der Waals surface area contributed by atoms with Gasteiger partial charge in [-0.05, 0) is 24.6 Å². The molecule has 2 aromatic rings. The Bertz CT molecular complexity index is 566. The van der Waals surface area contributed by atoms with Gasteiger partial charge >= 0.3 is 0 Å². The van der Waals surface area contributed by atoms with E-state index in [4.69, 9.17) is 11.6 Å². The fraction of sp³-hybridized carbons (Fsp3) is 0.182. The molecule has 0 aliphatic carbocycles. The Kier molecular flexibility index (Phi) is 3.10. The summed E-state index contributed by atoms with van der Waals surface area (Å²) in [5.74, 6) is 0.204. The maximum atomic E-state index is 10.7. The molecule has 0 spiro atoms. The third-order valence-corrected chi connectivity index (χ3v) is 2.68. The minimum Gasteiger partial charge on any atom is -0.258 e. The van der Waals surface area contributed by atoms with Crippen LogP contribution >= 0.6 is 11.6 Å². The molecule has 2 rings (SSSR count). The van der Waals surface area contributed by atoms with Crippen molar-refractivity contribution >= 4 is 17.3 Å². The lowest BCUT2D eigenvalue weighted by molar-refractivity contribution is -0.384.